The molecule has 0 atom stereocenters. The fraction of sp³-hybridized carbons (Fsp3) is 0.273. The number of anilines is 6. The van der Waals surface area contributed by atoms with Crippen molar-refractivity contribution in [2.45, 2.75) is 73.1 Å². The van der Waals surface area contributed by atoms with Crippen molar-refractivity contribution < 1.29 is 13.9 Å². The van der Waals surface area contributed by atoms with E-state index in [0.717, 1.165) is 62.0 Å². The zero-order chi connectivity index (χ0) is 34.9. The fourth-order valence-corrected chi connectivity index (χ4v) is 8.36. The Hall–Kier alpha value is -5.10. The van der Waals surface area contributed by atoms with E-state index in [4.69, 9.17) is 13.9 Å². The number of hydrogen-bond donors (Lipinski definition) is 0. The summed E-state index contributed by atoms with van der Waals surface area (Å²) in [5.41, 5.74) is 17.3. The van der Waals surface area contributed by atoms with Gasteiger partial charge in [0, 0.05) is 33.7 Å². The van der Waals surface area contributed by atoms with Crippen molar-refractivity contribution in [1.29, 1.82) is 0 Å². The van der Waals surface area contributed by atoms with E-state index >= 15 is 0 Å². The van der Waals surface area contributed by atoms with Gasteiger partial charge in [-0.25, -0.2) is 0 Å². The summed E-state index contributed by atoms with van der Waals surface area (Å²) in [6.07, 6.45) is 0. The molecule has 0 saturated heterocycles. The second-order valence-electron chi connectivity index (χ2n) is 16.4. The number of benzene rings is 5. The van der Waals surface area contributed by atoms with Crippen LogP contribution in [-0.4, -0.2) is 13.5 Å². The molecule has 5 nitrogen and oxygen atoms in total. The van der Waals surface area contributed by atoms with Crippen molar-refractivity contribution in [2.24, 2.45) is 0 Å². The first-order chi connectivity index (χ1) is 23.8. The molecule has 1 aromatic heterocycles. The Morgan fingerprint density at radius 1 is 0.660 bits per heavy atom. The van der Waals surface area contributed by atoms with Crippen LogP contribution in [0.4, 0.5) is 34.1 Å². The van der Waals surface area contributed by atoms with Crippen molar-refractivity contribution in [1.82, 2.24) is 0 Å². The number of para-hydroxylation sites is 1. The first-order valence-electron chi connectivity index (χ1n) is 17.7. The highest BCUT2D eigenvalue weighted by Crippen LogP contribution is 2.51. The molecule has 50 heavy (non-hydrogen) atoms. The van der Waals surface area contributed by atoms with Crippen LogP contribution in [0.25, 0.3) is 11.0 Å². The molecule has 0 N–H and O–H groups in total. The van der Waals surface area contributed by atoms with Crippen molar-refractivity contribution in [3.05, 3.63) is 113 Å². The molecular weight excluding hydrogens is 615 g/mol. The smallest absolute Gasteiger partial charge is 0.297 e. The summed E-state index contributed by atoms with van der Waals surface area (Å²) in [7, 11) is 0. The van der Waals surface area contributed by atoms with Gasteiger partial charge in [-0.1, -0.05) is 77.9 Å². The lowest BCUT2D eigenvalue weighted by atomic mass is 9.35. The summed E-state index contributed by atoms with van der Waals surface area (Å²) in [5, 5.41) is 1.10. The Morgan fingerprint density at radius 3 is 2.06 bits per heavy atom. The van der Waals surface area contributed by atoms with E-state index in [1.54, 1.807) is 0 Å². The van der Waals surface area contributed by atoms with Crippen molar-refractivity contribution >= 4 is 68.4 Å². The summed E-state index contributed by atoms with van der Waals surface area (Å²) in [6.45, 7) is 20.4. The van der Waals surface area contributed by atoms with E-state index in [1.807, 2.05) is 0 Å². The monoisotopic (exact) mass is 658 g/mol. The van der Waals surface area contributed by atoms with Gasteiger partial charge in [-0.15, -0.1) is 0 Å². The van der Waals surface area contributed by atoms with Gasteiger partial charge in [-0.3, -0.25) is 0 Å². The zero-order valence-electron chi connectivity index (χ0n) is 30.5. The second kappa shape index (κ2) is 10.5. The number of fused-ring (bicyclic) bond motifs is 7. The van der Waals surface area contributed by atoms with E-state index in [9.17, 15) is 0 Å². The van der Waals surface area contributed by atoms with E-state index in [-0.39, 0.29) is 24.3 Å². The lowest BCUT2D eigenvalue weighted by Crippen LogP contribution is -2.61. The minimum absolute atomic E-state index is 0.0251. The van der Waals surface area contributed by atoms with Gasteiger partial charge in [0.15, 0.2) is 11.5 Å². The maximum atomic E-state index is 7.05. The van der Waals surface area contributed by atoms with Crippen LogP contribution >= 0.6 is 0 Å². The van der Waals surface area contributed by atoms with Crippen LogP contribution in [0.2, 0.25) is 0 Å². The highest BCUT2D eigenvalue weighted by atomic mass is 16.7. The lowest BCUT2D eigenvalue weighted by Gasteiger charge is -2.43. The van der Waals surface area contributed by atoms with Crippen LogP contribution in [0.1, 0.15) is 69.4 Å². The summed E-state index contributed by atoms with van der Waals surface area (Å²) in [4.78, 5) is 4.93. The Bertz CT molecular complexity index is 2380. The first kappa shape index (κ1) is 30.9. The minimum Gasteiger partial charge on any atom is -0.468 e. The van der Waals surface area contributed by atoms with Gasteiger partial charge in [0.25, 0.3) is 6.71 Å². The second-order valence-corrected chi connectivity index (χ2v) is 16.4. The van der Waals surface area contributed by atoms with Crippen LogP contribution in [0, 0.1) is 20.8 Å². The first-order valence-corrected chi connectivity index (χ1v) is 17.7. The number of nitrogens with zero attached hydrogens (tertiary/aromatic N) is 2. The van der Waals surface area contributed by atoms with Crippen LogP contribution in [0.15, 0.2) is 89.3 Å². The maximum absolute atomic E-state index is 7.05. The number of aryl methyl sites for hydroxylation is 2. The molecule has 0 bridgehead atoms. The average molecular weight is 659 g/mol. The van der Waals surface area contributed by atoms with Crippen LogP contribution in [0.3, 0.4) is 0 Å². The number of hydrogen-bond acceptors (Lipinski definition) is 5. The highest BCUT2D eigenvalue weighted by molar-refractivity contribution is 7.00. The van der Waals surface area contributed by atoms with Gasteiger partial charge in [0.1, 0.15) is 5.58 Å². The third kappa shape index (κ3) is 4.40. The van der Waals surface area contributed by atoms with E-state index in [0.29, 0.717) is 0 Å². The topological polar surface area (TPSA) is 38.1 Å². The molecule has 0 fully saturated rings. The summed E-state index contributed by atoms with van der Waals surface area (Å²) < 4.78 is 19.0. The van der Waals surface area contributed by atoms with E-state index in [1.165, 1.54) is 39.0 Å². The largest absolute Gasteiger partial charge is 0.468 e. The Balaban J connectivity index is 1.40. The molecule has 4 heterocycles. The molecule has 0 saturated carbocycles. The Labute approximate surface area is 295 Å². The normalized spacial score (nSPS) is 14.6. The summed E-state index contributed by atoms with van der Waals surface area (Å²) in [5.74, 6) is 1.61. The third-order valence-electron chi connectivity index (χ3n) is 10.9. The van der Waals surface area contributed by atoms with Gasteiger partial charge in [-0.2, -0.15) is 0 Å². The van der Waals surface area contributed by atoms with Crippen molar-refractivity contribution in [3.8, 4) is 11.5 Å². The lowest BCUT2D eigenvalue weighted by molar-refractivity contribution is 0.173. The minimum atomic E-state index is -0.101. The van der Waals surface area contributed by atoms with E-state index < -0.39 is 0 Å². The summed E-state index contributed by atoms with van der Waals surface area (Å²) >= 11 is 0. The zero-order valence-corrected chi connectivity index (χ0v) is 30.5. The van der Waals surface area contributed by atoms with Crippen LogP contribution < -0.4 is 35.9 Å². The third-order valence-corrected chi connectivity index (χ3v) is 10.9. The Morgan fingerprint density at radius 2 is 1.34 bits per heavy atom. The molecule has 0 amide bonds. The SMILES string of the molecule is Cc1cc2c3c(c1)N(c1c(C)cc4c(c1C)OCO4)c1c(oc4ccccc14)B3c1cc(C(C)(C)C)ccc1N2c1ccc(C(C)(C)C)cc1. The molecule has 5 aromatic carbocycles. The standard InChI is InChI=1S/C44H43BN2O3/c1-25-20-34-38-35(21-25)47(39-26(2)22-37-41(27(39)3)49-24-48-37)40-31-12-10-11-13-36(31)50-42(40)45(38)32-23-29(44(7,8)9)16-19-33(32)46(34)30-17-14-28(15-18-30)43(4,5)6/h10-23H,24H2,1-9H3. The molecule has 0 unspecified atom stereocenters. The predicted octanol–water partition coefficient (Wildman–Crippen LogP) is 9.76. The predicted molar refractivity (Wildman–Crippen MR) is 208 cm³/mol. The maximum Gasteiger partial charge on any atom is 0.297 e. The number of rotatable bonds is 2. The van der Waals surface area contributed by atoms with Gasteiger partial charge in [-0.05, 0) is 113 Å². The fourth-order valence-electron chi connectivity index (χ4n) is 8.36. The molecular formula is C44H43BN2O3. The molecule has 9 rings (SSSR count). The quantitative estimate of drug-likeness (QED) is 0.173. The van der Waals surface area contributed by atoms with Crippen molar-refractivity contribution in [3.63, 3.8) is 0 Å². The van der Waals surface area contributed by atoms with Gasteiger partial charge in [0.2, 0.25) is 6.79 Å². The van der Waals surface area contributed by atoms with E-state index in [2.05, 4.69) is 157 Å². The molecule has 0 radical (unpaired) electrons. The molecule has 3 aliphatic heterocycles. The molecule has 0 spiro atoms. The van der Waals surface area contributed by atoms with Crippen molar-refractivity contribution in [2.75, 3.05) is 16.6 Å². The molecule has 250 valence electrons. The van der Waals surface area contributed by atoms with Gasteiger partial charge >= 0.3 is 0 Å². The Kier molecular flexibility index (Phi) is 6.47. The van der Waals surface area contributed by atoms with Crippen LogP contribution in [0.5, 0.6) is 11.5 Å². The summed E-state index contributed by atoms with van der Waals surface area (Å²) in [6, 6.07) is 31.5. The number of ether oxygens (including phenoxy) is 2. The molecule has 6 heteroatoms. The van der Waals surface area contributed by atoms with Crippen LogP contribution in [-0.2, 0) is 10.8 Å². The molecule has 6 aromatic rings. The average Bonchev–Trinajstić information content (AvgIpc) is 3.69. The van der Waals surface area contributed by atoms with Gasteiger partial charge < -0.3 is 23.7 Å². The molecule has 3 aliphatic rings. The molecule has 0 aliphatic carbocycles. The highest BCUT2D eigenvalue weighted by Gasteiger charge is 2.47. The van der Waals surface area contributed by atoms with Gasteiger partial charge in [0.05, 0.1) is 17.0 Å². The number of furan rings is 1.